The molecule has 3 rings (SSSR count). The minimum atomic E-state index is 0.121. The van der Waals surface area contributed by atoms with Crippen molar-refractivity contribution in [3.05, 3.63) is 29.6 Å². The number of H-pyrrole nitrogens is 1. The van der Waals surface area contributed by atoms with Crippen LogP contribution in [0.25, 0.3) is 11.0 Å². The normalized spacial score (nSPS) is 15.1. The summed E-state index contributed by atoms with van der Waals surface area (Å²) in [5.41, 5.74) is 2.92. The third kappa shape index (κ3) is 4.23. The third-order valence-corrected chi connectivity index (χ3v) is 4.85. The van der Waals surface area contributed by atoms with E-state index in [1.165, 1.54) is 0 Å². The molecule has 1 saturated heterocycles. The maximum atomic E-state index is 12.6. The number of carbonyl (C=O) groups is 2. The van der Waals surface area contributed by atoms with Crippen molar-refractivity contribution < 1.29 is 9.59 Å². The van der Waals surface area contributed by atoms with Crippen molar-refractivity contribution in [3.63, 3.8) is 0 Å². The van der Waals surface area contributed by atoms with Crippen molar-refractivity contribution in [3.8, 4) is 0 Å². The summed E-state index contributed by atoms with van der Waals surface area (Å²) < 4.78 is 0. The highest BCUT2D eigenvalue weighted by Gasteiger charge is 2.24. The second kappa shape index (κ2) is 7.89. The zero-order valence-electron chi connectivity index (χ0n) is 15.9. The van der Waals surface area contributed by atoms with Crippen molar-refractivity contribution in [2.75, 3.05) is 26.2 Å². The van der Waals surface area contributed by atoms with Gasteiger partial charge >= 0.3 is 0 Å². The van der Waals surface area contributed by atoms with Gasteiger partial charge in [0, 0.05) is 39.0 Å². The molecule has 1 aliphatic heterocycles. The molecule has 2 heterocycles. The van der Waals surface area contributed by atoms with Gasteiger partial charge in [-0.05, 0) is 23.6 Å². The van der Waals surface area contributed by atoms with Crippen LogP contribution in [0.1, 0.15) is 38.6 Å². The molecule has 1 aromatic carbocycles. The number of aromatic amines is 1. The van der Waals surface area contributed by atoms with E-state index in [2.05, 4.69) is 30.7 Å². The van der Waals surface area contributed by atoms with E-state index in [-0.39, 0.29) is 11.8 Å². The summed E-state index contributed by atoms with van der Waals surface area (Å²) in [6.07, 6.45) is 1.83. The van der Waals surface area contributed by atoms with Crippen molar-refractivity contribution in [1.82, 2.24) is 19.8 Å². The van der Waals surface area contributed by atoms with Crippen molar-refractivity contribution >= 4 is 22.8 Å². The minimum Gasteiger partial charge on any atom is -0.342 e. The number of rotatable bonds is 5. The lowest BCUT2D eigenvalue weighted by molar-refractivity contribution is -0.139. The van der Waals surface area contributed by atoms with E-state index >= 15 is 0 Å². The summed E-state index contributed by atoms with van der Waals surface area (Å²) in [6.45, 7) is 8.68. The largest absolute Gasteiger partial charge is 0.342 e. The van der Waals surface area contributed by atoms with E-state index in [0.717, 1.165) is 28.8 Å². The van der Waals surface area contributed by atoms with Gasteiger partial charge in [-0.1, -0.05) is 26.8 Å². The van der Waals surface area contributed by atoms with E-state index < -0.39 is 0 Å². The Hall–Kier alpha value is -2.37. The van der Waals surface area contributed by atoms with E-state index in [1.54, 1.807) is 0 Å². The summed E-state index contributed by atoms with van der Waals surface area (Å²) in [5, 5.41) is 0. The summed E-state index contributed by atoms with van der Waals surface area (Å²) in [6, 6.07) is 5.96. The molecule has 140 valence electrons. The number of aryl methyl sites for hydroxylation is 1. The average Bonchev–Trinajstić information content (AvgIpc) is 3.03. The van der Waals surface area contributed by atoms with Gasteiger partial charge in [0.2, 0.25) is 11.8 Å². The van der Waals surface area contributed by atoms with E-state index in [0.29, 0.717) is 44.9 Å². The second-order valence-electron chi connectivity index (χ2n) is 7.42. The number of aromatic nitrogens is 2. The number of hydrogen-bond acceptors (Lipinski definition) is 3. The highest BCUT2D eigenvalue weighted by atomic mass is 16.2. The summed E-state index contributed by atoms with van der Waals surface area (Å²) >= 11 is 0. The Morgan fingerprint density at radius 1 is 1.12 bits per heavy atom. The van der Waals surface area contributed by atoms with Crippen LogP contribution in [-0.2, 0) is 22.4 Å². The number of nitrogens with zero attached hydrogens (tertiary/aromatic N) is 3. The number of benzene rings is 1. The number of amides is 2. The molecule has 26 heavy (non-hydrogen) atoms. The predicted molar refractivity (Wildman–Crippen MR) is 102 cm³/mol. The lowest BCUT2D eigenvalue weighted by Crippen LogP contribution is -2.51. The van der Waals surface area contributed by atoms with Crippen LogP contribution in [0.5, 0.6) is 0 Å². The zero-order valence-corrected chi connectivity index (χ0v) is 15.9. The zero-order chi connectivity index (χ0) is 18.7. The summed E-state index contributed by atoms with van der Waals surface area (Å²) in [5.74, 6) is 1.65. The number of nitrogens with one attached hydrogen (secondary N) is 1. The Morgan fingerprint density at radius 3 is 2.38 bits per heavy atom. The van der Waals surface area contributed by atoms with Crippen molar-refractivity contribution in [1.29, 1.82) is 0 Å². The molecule has 1 N–H and O–H groups in total. The molecule has 2 aromatic rings. The quantitative estimate of drug-likeness (QED) is 0.894. The number of carbonyl (C=O) groups excluding carboxylic acids is 2. The van der Waals surface area contributed by atoms with Gasteiger partial charge in [-0.2, -0.15) is 0 Å². The molecule has 6 heteroatoms. The van der Waals surface area contributed by atoms with E-state index in [4.69, 9.17) is 0 Å². The molecule has 0 unspecified atom stereocenters. The molecule has 0 radical (unpaired) electrons. The molecular formula is C20H28N4O2. The molecule has 1 aromatic heterocycles. The first kappa shape index (κ1) is 18.4. The van der Waals surface area contributed by atoms with E-state index in [9.17, 15) is 9.59 Å². The van der Waals surface area contributed by atoms with E-state index in [1.807, 2.05) is 28.0 Å². The minimum absolute atomic E-state index is 0.121. The number of hydrogen-bond donors (Lipinski definition) is 1. The number of piperazine rings is 1. The molecular weight excluding hydrogens is 328 g/mol. The fraction of sp³-hybridized carbons (Fsp3) is 0.550. The summed E-state index contributed by atoms with van der Waals surface area (Å²) in [7, 11) is 0. The highest BCUT2D eigenvalue weighted by molar-refractivity contribution is 5.82. The Morgan fingerprint density at radius 2 is 1.77 bits per heavy atom. The molecule has 0 bridgehead atoms. The SMILES string of the molecule is CCc1nc2ccc(CC(=O)N3CCN(C(=O)CC(C)C)CC3)cc2[nH]1. The second-order valence-corrected chi connectivity index (χ2v) is 7.42. The van der Waals surface area contributed by atoms with Crippen LogP contribution >= 0.6 is 0 Å². The number of fused-ring (bicyclic) bond motifs is 1. The van der Waals surface area contributed by atoms with Crippen LogP contribution in [-0.4, -0.2) is 57.8 Å². The van der Waals surface area contributed by atoms with Gasteiger partial charge in [0.1, 0.15) is 5.82 Å². The lowest BCUT2D eigenvalue weighted by Gasteiger charge is -2.35. The third-order valence-electron chi connectivity index (χ3n) is 4.85. The fourth-order valence-corrected chi connectivity index (χ4v) is 3.36. The maximum absolute atomic E-state index is 12.6. The van der Waals surface area contributed by atoms with Crippen molar-refractivity contribution in [2.45, 2.75) is 40.0 Å². The molecule has 6 nitrogen and oxygen atoms in total. The summed E-state index contributed by atoms with van der Waals surface area (Å²) in [4.78, 5) is 36.3. The van der Waals surface area contributed by atoms with Crippen LogP contribution < -0.4 is 0 Å². The van der Waals surface area contributed by atoms with Gasteiger partial charge in [-0.3, -0.25) is 9.59 Å². The monoisotopic (exact) mass is 356 g/mol. The van der Waals surface area contributed by atoms with Gasteiger partial charge in [0.15, 0.2) is 0 Å². The molecule has 0 saturated carbocycles. The molecule has 0 spiro atoms. The molecule has 0 aliphatic carbocycles. The first-order chi connectivity index (χ1) is 12.5. The Balaban J connectivity index is 1.56. The van der Waals surface area contributed by atoms with Gasteiger partial charge in [-0.25, -0.2) is 4.98 Å². The van der Waals surface area contributed by atoms with Gasteiger partial charge in [-0.15, -0.1) is 0 Å². The Kier molecular flexibility index (Phi) is 5.59. The lowest BCUT2D eigenvalue weighted by atomic mass is 10.1. The smallest absolute Gasteiger partial charge is 0.227 e. The molecule has 0 atom stereocenters. The standard InChI is InChI=1S/C20H28N4O2/c1-4-18-21-16-6-5-15(12-17(16)22-18)13-20(26)24-9-7-23(8-10-24)19(25)11-14(2)3/h5-6,12,14H,4,7-11,13H2,1-3H3,(H,21,22). The van der Waals surface area contributed by atoms with Crippen LogP contribution in [0, 0.1) is 5.92 Å². The van der Waals surface area contributed by atoms with Crippen LogP contribution in [0.15, 0.2) is 18.2 Å². The molecule has 1 aliphatic rings. The number of imidazole rings is 1. The van der Waals surface area contributed by atoms with Gasteiger partial charge in [0.25, 0.3) is 0 Å². The Labute approximate surface area is 154 Å². The average molecular weight is 356 g/mol. The highest BCUT2D eigenvalue weighted by Crippen LogP contribution is 2.16. The topological polar surface area (TPSA) is 69.3 Å². The first-order valence-corrected chi connectivity index (χ1v) is 9.49. The van der Waals surface area contributed by atoms with Gasteiger partial charge in [0.05, 0.1) is 17.5 Å². The Bertz CT molecular complexity index is 788. The fourth-order valence-electron chi connectivity index (χ4n) is 3.36. The van der Waals surface area contributed by atoms with Crippen LogP contribution in [0.4, 0.5) is 0 Å². The van der Waals surface area contributed by atoms with Gasteiger partial charge < -0.3 is 14.8 Å². The van der Waals surface area contributed by atoms with Crippen molar-refractivity contribution in [2.24, 2.45) is 5.92 Å². The van der Waals surface area contributed by atoms with Crippen LogP contribution in [0.3, 0.4) is 0 Å². The molecule has 1 fully saturated rings. The molecule has 2 amide bonds. The predicted octanol–water partition coefficient (Wildman–Crippen LogP) is 2.38. The first-order valence-electron chi connectivity index (χ1n) is 9.49. The van der Waals surface area contributed by atoms with Crippen LogP contribution in [0.2, 0.25) is 0 Å². The maximum Gasteiger partial charge on any atom is 0.227 e.